The van der Waals surface area contributed by atoms with E-state index in [9.17, 15) is 4.79 Å². The lowest BCUT2D eigenvalue weighted by Gasteiger charge is -2.10. The fourth-order valence-corrected chi connectivity index (χ4v) is 2.97. The highest BCUT2D eigenvalue weighted by molar-refractivity contribution is 7.99. The van der Waals surface area contributed by atoms with Gasteiger partial charge in [0.05, 0.1) is 0 Å². The molecule has 1 heterocycles. The van der Waals surface area contributed by atoms with Gasteiger partial charge in [-0.3, -0.25) is 4.79 Å². The van der Waals surface area contributed by atoms with Crippen molar-refractivity contribution in [3.63, 3.8) is 0 Å². The van der Waals surface area contributed by atoms with E-state index in [0.717, 1.165) is 13.0 Å². The average molecular weight is 228 g/mol. The molecule has 15 heavy (non-hydrogen) atoms. The molecular formula is C11H20N2OS. The highest BCUT2D eigenvalue weighted by Gasteiger charge is 2.22. The fraction of sp³-hybridized carbons (Fsp3) is 0.909. The maximum absolute atomic E-state index is 11.3. The second kappa shape index (κ2) is 5.75. The summed E-state index contributed by atoms with van der Waals surface area (Å²) in [7, 11) is 0. The van der Waals surface area contributed by atoms with E-state index < -0.39 is 0 Å². The minimum atomic E-state index is 0.236. The zero-order chi connectivity index (χ0) is 10.5. The molecule has 3 nitrogen and oxygen atoms in total. The zero-order valence-electron chi connectivity index (χ0n) is 9.13. The van der Waals surface area contributed by atoms with Crippen LogP contribution in [0.2, 0.25) is 0 Å². The molecule has 1 unspecified atom stereocenters. The van der Waals surface area contributed by atoms with Gasteiger partial charge in [-0.15, -0.1) is 0 Å². The molecule has 2 rings (SSSR count). The standard InChI is InChI=1S/C11H20N2OS/c14-11(13-9-3-4-9)2-1-6-12-10-5-7-15-8-10/h9-10,12H,1-8H2,(H,13,14). The minimum Gasteiger partial charge on any atom is -0.353 e. The first-order chi connectivity index (χ1) is 7.34. The van der Waals surface area contributed by atoms with Gasteiger partial charge in [0, 0.05) is 24.3 Å². The third kappa shape index (κ3) is 4.43. The molecule has 86 valence electrons. The molecule has 0 radical (unpaired) electrons. The Morgan fingerprint density at radius 1 is 1.27 bits per heavy atom. The number of hydrogen-bond donors (Lipinski definition) is 2. The van der Waals surface area contributed by atoms with Crippen LogP contribution in [-0.4, -0.2) is 36.0 Å². The molecular weight excluding hydrogens is 208 g/mol. The number of rotatable bonds is 6. The predicted octanol–water partition coefficient (Wildman–Crippen LogP) is 1.14. The Morgan fingerprint density at radius 3 is 2.80 bits per heavy atom. The Kier molecular flexibility index (Phi) is 4.32. The largest absolute Gasteiger partial charge is 0.353 e. The molecule has 2 aliphatic rings. The second-order valence-corrected chi connectivity index (χ2v) is 5.61. The summed E-state index contributed by atoms with van der Waals surface area (Å²) in [6.07, 6.45) is 5.31. The van der Waals surface area contributed by atoms with Crippen molar-refractivity contribution < 1.29 is 4.79 Å². The van der Waals surface area contributed by atoms with Crippen LogP contribution < -0.4 is 10.6 Å². The molecule has 1 saturated carbocycles. The molecule has 1 aliphatic carbocycles. The van der Waals surface area contributed by atoms with Crippen LogP contribution in [0.3, 0.4) is 0 Å². The van der Waals surface area contributed by atoms with E-state index >= 15 is 0 Å². The van der Waals surface area contributed by atoms with Crippen LogP contribution in [0.4, 0.5) is 0 Å². The molecule has 0 aromatic heterocycles. The quantitative estimate of drug-likeness (QED) is 0.670. The lowest BCUT2D eigenvalue weighted by molar-refractivity contribution is -0.121. The van der Waals surface area contributed by atoms with Crippen LogP contribution in [0.1, 0.15) is 32.1 Å². The van der Waals surface area contributed by atoms with Gasteiger partial charge in [-0.25, -0.2) is 0 Å². The van der Waals surface area contributed by atoms with Crippen molar-refractivity contribution in [2.75, 3.05) is 18.1 Å². The Balaban J connectivity index is 1.44. The smallest absolute Gasteiger partial charge is 0.220 e. The first-order valence-electron chi connectivity index (χ1n) is 5.95. The summed E-state index contributed by atoms with van der Waals surface area (Å²) >= 11 is 2.02. The van der Waals surface area contributed by atoms with Crippen LogP contribution in [-0.2, 0) is 4.79 Å². The second-order valence-electron chi connectivity index (χ2n) is 4.46. The van der Waals surface area contributed by atoms with Crippen LogP contribution in [0.25, 0.3) is 0 Å². The highest BCUT2D eigenvalue weighted by atomic mass is 32.2. The number of thioether (sulfide) groups is 1. The first kappa shape index (κ1) is 11.3. The van der Waals surface area contributed by atoms with Gasteiger partial charge < -0.3 is 10.6 Å². The van der Waals surface area contributed by atoms with Crippen molar-refractivity contribution in [1.82, 2.24) is 10.6 Å². The number of hydrogen-bond acceptors (Lipinski definition) is 3. The summed E-state index contributed by atoms with van der Waals surface area (Å²) in [5.74, 6) is 2.77. The summed E-state index contributed by atoms with van der Waals surface area (Å²) in [5, 5.41) is 6.52. The fourth-order valence-electron chi connectivity index (χ4n) is 1.78. The monoisotopic (exact) mass is 228 g/mol. The van der Waals surface area contributed by atoms with Crippen molar-refractivity contribution in [3.8, 4) is 0 Å². The zero-order valence-corrected chi connectivity index (χ0v) is 9.94. The van der Waals surface area contributed by atoms with Crippen LogP contribution in [0.5, 0.6) is 0 Å². The van der Waals surface area contributed by atoms with Crippen LogP contribution in [0.15, 0.2) is 0 Å². The molecule has 2 N–H and O–H groups in total. The number of amides is 1. The number of carbonyl (C=O) groups is 1. The Labute approximate surface area is 95.8 Å². The maximum atomic E-state index is 11.3. The van der Waals surface area contributed by atoms with E-state index in [1.165, 1.54) is 30.8 Å². The molecule has 0 aromatic rings. The van der Waals surface area contributed by atoms with E-state index in [1.807, 2.05) is 11.8 Å². The SMILES string of the molecule is O=C(CCCNC1CCSC1)NC1CC1. The molecule has 1 amide bonds. The van der Waals surface area contributed by atoms with Gasteiger partial charge in [-0.05, 0) is 38.0 Å². The van der Waals surface area contributed by atoms with Gasteiger partial charge in [0.25, 0.3) is 0 Å². The summed E-state index contributed by atoms with van der Waals surface area (Å²) in [5.41, 5.74) is 0. The molecule has 2 fully saturated rings. The molecule has 1 saturated heterocycles. The van der Waals surface area contributed by atoms with Crippen LogP contribution in [0, 0.1) is 0 Å². The molecule has 4 heteroatoms. The lowest BCUT2D eigenvalue weighted by Crippen LogP contribution is -2.31. The Hall–Kier alpha value is -0.220. The van der Waals surface area contributed by atoms with E-state index in [-0.39, 0.29) is 5.91 Å². The minimum absolute atomic E-state index is 0.236. The van der Waals surface area contributed by atoms with E-state index in [0.29, 0.717) is 18.5 Å². The van der Waals surface area contributed by atoms with Crippen molar-refractivity contribution in [3.05, 3.63) is 0 Å². The van der Waals surface area contributed by atoms with Crippen LogP contribution >= 0.6 is 11.8 Å². The van der Waals surface area contributed by atoms with Gasteiger partial charge in [0.2, 0.25) is 5.91 Å². The molecule has 0 aromatic carbocycles. The van der Waals surface area contributed by atoms with Gasteiger partial charge in [0.15, 0.2) is 0 Å². The maximum Gasteiger partial charge on any atom is 0.220 e. The molecule has 1 aliphatic heterocycles. The van der Waals surface area contributed by atoms with Crippen molar-refractivity contribution in [1.29, 1.82) is 0 Å². The summed E-state index contributed by atoms with van der Waals surface area (Å²) < 4.78 is 0. The van der Waals surface area contributed by atoms with E-state index in [2.05, 4.69) is 10.6 Å². The Bertz CT molecular complexity index is 213. The van der Waals surface area contributed by atoms with Gasteiger partial charge in [-0.2, -0.15) is 11.8 Å². The average Bonchev–Trinajstić information content (AvgIpc) is 2.87. The van der Waals surface area contributed by atoms with Gasteiger partial charge in [-0.1, -0.05) is 0 Å². The first-order valence-corrected chi connectivity index (χ1v) is 7.10. The highest BCUT2D eigenvalue weighted by Crippen LogP contribution is 2.19. The summed E-state index contributed by atoms with van der Waals surface area (Å²) in [6.45, 7) is 0.989. The molecule has 0 bridgehead atoms. The van der Waals surface area contributed by atoms with Gasteiger partial charge >= 0.3 is 0 Å². The summed E-state index contributed by atoms with van der Waals surface area (Å²) in [4.78, 5) is 11.3. The molecule has 0 spiro atoms. The summed E-state index contributed by atoms with van der Waals surface area (Å²) in [6, 6.07) is 1.21. The van der Waals surface area contributed by atoms with Crippen molar-refractivity contribution in [2.24, 2.45) is 0 Å². The van der Waals surface area contributed by atoms with Gasteiger partial charge in [0.1, 0.15) is 0 Å². The third-order valence-corrected chi connectivity index (χ3v) is 4.05. The van der Waals surface area contributed by atoms with Crippen molar-refractivity contribution >= 4 is 17.7 Å². The van der Waals surface area contributed by atoms with E-state index in [4.69, 9.17) is 0 Å². The van der Waals surface area contributed by atoms with Crippen molar-refractivity contribution in [2.45, 2.75) is 44.2 Å². The van der Waals surface area contributed by atoms with E-state index in [1.54, 1.807) is 0 Å². The predicted molar refractivity (Wildman–Crippen MR) is 64.1 cm³/mol. The normalized spacial score (nSPS) is 25.5. The number of carbonyl (C=O) groups excluding carboxylic acids is 1. The topological polar surface area (TPSA) is 41.1 Å². The lowest BCUT2D eigenvalue weighted by atomic mass is 10.2. The number of nitrogens with one attached hydrogen (secondary N) is 2. The Morgan fingerprint density at radius 2 is 2.13 bits per heavy atom. The third-order valence-electron chi connectivity index (χ3n) is 2.89. The molecule has 1 atom stereocenters.